The molecular weight excluding hydrogens is 406 g/mol. The number of amides is 3. The van der Waals surface area contributed by atoms with Crippen molar-refractivity contribution >= 4 is 46.7 Å². The maximum absolute atomic E-state index is 12.9. The van der Waals surface area contributed by atoms with E-state index < -0.39 is 0 Å². The number of nitrogen functional groups attached to an aromatic ring is 1. The molecule has 0 fully saturated rings. The van der Waals surface area contributed by atoms with Crippen molar-refractivity contribution in [1.29, 1.82) is 0 Å². The van der Waals surface area contributed by atoms with Crippen LogP contribution < -0.4 is 20.9 Å². The highest BCUT2D eigenvalue weighted by Crippen LogP contribution is 2.35. The number of carbonyl (C=O) groups is 2. The van der Waals surface area contributed by atoms with Crippen molar-refractivity contribution in [2.24, 2.45) is 0 Å². The maximum atomic E-state index is 12.9. The van der Waals surface area contributed by atoms with Crippen molar-refractivity contribution in [3.63, 3.8) is 0 Å². The standard InChI is InChI=1S/C20H18ClN7O2/c1-27-18-13(10-24-19(22)26-18)11-28(20(27)30)16-8-14(4-5-15(16)21)25-17(29)7-12-3-2-6-23-9-12/h2-6,8-10H,7,11H2,1H3,(H,25,29)(H2,22,24,26). The first-order chi connectivity index (χ1) is 14.4. The average molecular weight is 424 g/mol. The lowest BCUT2D eigenvalue weighted by Crippen LogP contribution is -2.46. The molecule has 0 atom stereocenters. The van der Waals surface area contributed by atoms with Gasteiger partial charge in [0.25, 0.3) is 0 Å². The molecule has 1 aliphatic rings. The van der Waals surface area contributed by atoms with E-state index in [0.717, 1.165) is 11.1 Å². The highest BCUT2D eigenvalue weighted by molar-refractivity contribution is 6.34. The Morgan fingerprint density at radius 1 is 1.30 bits per heavy atom. The fraction of sp³-hybridized carbons (Fsp3) is 0.150. The number of nitrogens with one attached hydrogen (secondary N) is 1. The molecular formula is C20H18ClN7O2. The lowest BCUT2D eigenvalue weighted by Gasteiger charge is -2.34. The Kier molecular flexibility index (Phi) is 5.20. The monoisotopic (exact) mass is 423 g/mol. The van der Waals surface area contributed by atoms with E-state index in [1.165, 1.54) is 9.80 Å². The lowest BCUT2D eigenvalue weighted by atomic mass is 10.1. The second-order valence-electron chi connectivity index (χ2n) is 6.76. The zero-order valence-corrected chi connectivity index (χ0v) is 16.8. The van der Waals surface area contributed by atoms with Crippen LogP contribution in [0.1, 0.15) is 11.1 Å². The summed E-state index contributed by atoms with van der Waals surface area (Å²) < 4.78 is 0. The Hall–Kier alpha value is -3.72. The number of hydrogen-bond donors (Lipinski definition) is 2. The number of pyridine rings is 1. The zero-order chi connectivity index (χ0) is 21.3. The van der Waals surface area contributed by atoms with Crippen LogP contribution in [0.25, 0.3) is 0 Å². The number of anilines is 4. The summed E-state index contributed by atoms with van der Waals surface area (Å²) in [6, 6.07) is 8.27. The molecule has 0 unspecified atom stereocenters. The van der Waals surface area contributed by atoms with Gasteiger partial charge >= 0.3 is 6.03 Å². The zero-order valence-electron chi connectivity index (χ0n) is 16.0. The van der Waals surface area contributed by atoms with Crippen LogP contribution in [0.3, 0.4) is 0 Å². The molecule has 3 aromatic rings. The van der Waals surface area contributed by atoms with Gasteiger partial charge in [-0.1, -0.05) is 17.7 Å². The number of rotatable bonds is 4. The van der Waals surface area contributed by atoms with Crippen molar-refractivity contribution in [2.45, 2.75) is 13.0 Å². The van der Waals surface area contributed by atoms with E-state index in [2.05, 4.69) is 20.3 Å². The van der Waals surface area contributed by atoms with Gasteiger partial charge in [0.05, 0.1) is 23.7 Å². The first-order valence-corrected chi connectivity index (χ1v) is 9.45. The van der Waals surface area contributed by atoms with Gasteiger partial charge < -0.3 is 11.1 Å². The summed E-state index contributed by atoms with van der Waals surface area (Å²) in [6.45, 7) is 0.228. The second kappa shape index (κ2) is 7.96. The fourth-order valence-corrected chi connectivity index (χ4v) is 3.42. The molecule has 0 bridgehead atoms. The number of nitrogens with zero attached hydrogens (tertiary/aromatic N) is 5. The average Bonchev–Trinajstić information content (AvgIpc) is 2.73. The molecule has 30 heavy (non-hydrogen) atoms. The Morgan fingerprint density at radius 3 is 2.90 bits per heavy atom. The Morgan fingerprint density at radius 2 is 2.13 bits per heavy atom. The van der Waals surface area contributed by atoms with Gasteiger partial charge in [-0.25, -0.2) is 9.78 Å². The molecule has 9 nitrogen and oxygen atoms in total. The highest BCUT2D eigenvalue weighted by Gasteiger charge is 2.31. The lowest BCUT2D eigenvalue weighted by molar-refractivity contribution is -0.115. The minimum atomic E-state index is -0.318. The van der Waals surface area contributed by atoms with Crippen LogP contribution in [0, 0.1) is 0 Å². The van der Waals surface area contributed by atoms with Gasteiger partial charge in [-0.05, 0) is 29.8 Å². The van der Waals surface area contributed by atoms with E-state index in [4.69, 9.17) is 17.3 Å². The van der Waals surface area contributed by atoms with E-state index in [1.54, 1.807) is 49.9 Å². The normalized spacial score (nSPS) is 13.2. The van der Waals surface area contributed by atoms with Crippen molar-refractivity contribution in [1.82, 2.24) is 15.0 Å². The summed E-state index contributed by atoms with van der Waals surface area (Å²) in [5.41, 5.74) is 8.16. The van der Waals surface area contributed by atoms with Crippen LogP contribution in [0.5, 0.6) is 0 Å². The summed E-state index contributed by atoms with van der Waals surface area (Å²) in [7, 11) is 1.60. The quantitative estimate of drug-likeness (QED) is 0.666. The van der Waals surface area contributed by atoms with Crippen LogP contribution in [0.4, 0.5) is 27.9 Å². The minimum Gasteiger partial charge on any atom is -0.368 e. The molecule has 3 heterocycles. The van der Waals surface area contributed by atoms with Crippen molar-refractivity contribution < 1.29 is 9.59 Å². The van der Waals surface area contributed by atoms with E-state index in [0.29, 0.717) is 22.2 Å². The van der Waals surface area contributed by atoms with Crippen LogP contribution in [-0.4, -0.2) is 33.9 Å². The summed E-state index contributed by atoms with van der Waals surface area (Å²) >= 11 is 6.38. The molecule has 0 aliphatic carbocycles. The van der Waals surface area contributed by atoms with Gasteiger partial charge in [0.2, 0.25) is 11.9 Å². The number of benzene rings is 1. The van der Waals surface area contributed by atoms with Crippen LogP contribution in [-0.2, 0) is 17.8 Å². The van der Waals surface area contributed by atoms with Crippen LogP contribution in [0.2, 0.25) is 5.02 Å². The summed E-state index contributed by atoms with van der Waals surface area (Å²) in [5.74, 6) is 0.353. The Bertz CT molecular complexity index is 1120. The first-order valence-electron chi connectivity index (χ1n) is 9.07. The number of aromatic nitrogens is 3. The number of hydrogen-bond acceptors (Lipinski definition) is 6. The van der Waals surface area contributed by atoms with Crippen molar-refractivity contribution in [3.8, 4) is 0 Å². The SMILES string of the molecule is CN1C(=O)N(c2cc(NC(=O)Cc3cccnc3)ccc2Cl)Cc2cnc(N)nc21. The topological polar surface area (TPSA) is 117 Å². The minimum absolute atomic E-state index is 0.0956. The van der Waals surface area contributed by atoms with Crippen molar-refractivity contribution in [2.75, 3.05) is 27.9 Å². The molecule has 0 saturated carbocycles. The van der Waals surface area contributed by atoms with Gasteiger partial charge in [-0.2, -0.15) is 4.98 Å². The maximum Gasteiger partial charge on any atom is 0.330 e. The third kappa shape index (κ3) is 3.87. The molecule has 3 amide bonds. The van der Waals surface area contributed by atoms with Gasteiger partial charge in [0.15, 0.2) is 0 Å². The number of carbonyl (C=O) groups excluding carboxylic acids is 2. The number of nitrogens with two attached hydrogens (primary N) is 1. The fourth-order valence-electron chi connectivity index (χ4n) is 3.20. The molecule has 2 aromatic heterocycles. The van der Waals surface area contributed by atoms with E-state index in [1.807, 2.05) is 6.07 Å². The van der Waals surface area contributed by atoms with E-state index >= 15 is 0 Å². The molecule has 1 aromatic carbocycles. The third-order valence-electron chi connectivity index (χ3n) is 4.63. The second-order valence-corrected chi connectivity index (χ2v) is 7.16. The number of fused-ring (bicyclic) bond motifs is 1. The first kappa shape index (κ1) is 19.6. The largest absolute Gasteiger partial charge is 0.368 e. The molecule has 0 saturated heterocycles. The van der Waals surface area contributed by atoms with Gasteiger partial charge in [-0.3, -0.25) is 19.6 Å². The van der Waals surface area contributed by atoms with E-state index in [9.17, 15) is 9.59 Å². The van der Waals surface area contributed by atoms with Gasteiger partial charge in [0, 0.05) is 36.9 Å². The van der Waals surface area contributed by atoms with Gasteiger partial charge in [0.1, 0.15) is 5.82 Å². The molecule has 3 N–H and O–H groups in total. The van der Waals surface area contributed by atoms with E-state index in [-0.39, 0.29) is 30.9 Å². The van der Waals surface area contributed by atoms with Gasteiger partial charge in [-0.15, -0.1) is 0 Å². The summed E-state index contributed by atoms with van der Waals surface area (Å²) in [5, 5.41) is 3.21. The number of halogens is 1. The Balaban J connectivity index is 1.58. The Labute approximate surface area is 177 Å². The molecule has 4 rings (SSSR count). The van der Waals surface area contributed by atoms with Crippen molar-refractivity contribution in [3.05, 3.63) is 65.1 Å². The predicted molar refractivity (Wildman–Crippen MR) is 114 cm³/mol. The molecule has 1 aliphatic heterocycles. The predicted octanol–water partition coefficient (Wildman–Crippen LogP) is 2.86. The molecule has 0 radical (unpaired) electrons. The third-order valence-corrected chi connectivity index (χ3v) is 4.95. The summed E-state index contributed by atoms with van der Waals surface area (Å²) in [6.07, 6.45) is 5.06. The smallest absolute Gasteiger partial charge is 0.330 e. The summed E-state index contributed by atoms with van der Waals surface area (Å²) in [4.78, 5) is 40.3. The number of urea groups is 1. The molecule has 0 spiro atoms. The molecule has 10 heteroatoms. The molecule has 152 valence electrons. The van der Waals surface area contributed by atoms with Crippen LogP contribution in [0.15, 0.2) is 48.9 Å². The highest BCUT2D eigenvalue weighted by atomic mass is 35.5. The van der Waals surface area contributed by atoms with Crippen LogP contribution >= 0.6 is 11.6 Å².